The number of hydrogen-bond acceptors (Lipinski definition) is 6. The smallest absolute Gasteiger partial charge is 0.410 e. The van der Waals surface area contributed by atoms with E-state index < -0.39 is 18.4 Å². The lowest BCUT2D eigenvalue weighted by atomic mass is 9.87. The molecule has 0 saturated carbocycles. The van der Waals surface area contributed by atoms with Crippen LogP contribution in [0.2, 0.25) is 0 Å². The number of fused-ring (bicyclic) bond motifs is 1. The number of nitriles is 1. The number of ether oxygens (including phenoxy) is 1. The minimum absolute atomic E-state index is 0.0172. The van der Waals surface area contributed by atoms with E-state index in [0.29, 0.717) is 24.0 Å². The van der Waals surface area contributed by atoms with E-state index in [1.165, 1.54) is 29.2 Å². The van der Waals surface area contributed by atoms with Crippen molar-refractivity contribution in [3.63, 3.8) is 0 Å². The topological polar surface area (TPSA) is 121 Å². The van der Waals surface area contributed by atoms with Crippen molar-refractivity contribution in [2.45, 2.75) is 79.4 Å². The van der Waals surface area contributed by atoms with Gasteiger partial charge < -0.3 is 19.1 Å². The van der Waals surface area contributed by atoms with Crippen molar-refractivity contribution < 1.29 is 27.9 Å². The molecule has 2 aromatic carbocycles. The zero-order chi connectivity index (χ0) is 34.6. The highest BCUT2D eigenvalue weighted by Crippen LogP contribution is 2.30. The molecule has 1 aliphatic rings. The molecule has 1 unspecified atom stereocenters. The van der Waals surface area contributed by atoms with Crippen LogP contribution in [0.1, 0.15) is 76.7 Å². The summed E-state index contributed by atoms with van der Waals surface area (Å²) in [7, 11) is 1.68. The lowest BCUT2D eigenvalue weighted by Crippen LogP contribution is -2.44. The van der Waals surface area contributed by atoms with Crippen molar-refractivity contribution in [2.24, 2.45) is 11.3 Å². The van der Waals surface area contributed by atoms with Crippen molar-refractivity contribution in [3.05, 3.63) is 65.2 Å². The number of carbonyl (C=O) groups excluding carboxylic acids is 3. The van der Waals surface area contributed by atoms with Gasteiger partial charge in [0.2, 0.25) is 5.95 Å². The lowest BCUT2D eigenvalue weighted by Gasteiger charge is -2.34. The zero-order valence-electron chi connectivity index (χ0n) is 27.9. The van der Waals surface area contributed by atoms with Crippen LogP contribution in [0, 0.1) is 22.7 Å². The Morgan fingerprint density at radius 3 is 2.43 bits per heavy atom. The molecule has 1 fully saturated rings. The van der Waals surface area contributed by atoms with Crippen LogP contribution in [-0.2, 0) is 11.3 Å². The fourth-order valence-corrected chi connectivity index (χ4v) is 5.47. The average Bonchev–Trinajstić information content (AvgIpc) is 3.62. The number of nitrogens with zero attached hydrogens (tertiary/aromatic N) is 5. The van der Waals surface area contributed by atoms with Crippen LogP contribution < -0.4 is 10.1 Å². The predicted octanol–water partition coefficient (Wildman–Crippen LogP) is 7.19. The molecule has 47 heavy (non-hydrogen) atoms. The van der Waals surface area contributed by atoms with Gasteiger partial charge in [0, 0.05) is 43.4 Å². The molecule has 1 saturated heterocycles. The summed E-state index contributed by atoms with van der Waals surface area (Å²) in [6.45, 7) is 12.6. The summed E-state index contributed by atoms with van der Waals surface area (Å²) >= 11 is 0. The minimum atomic E-state index is -2.66. The Morgan fingerprint density at radius 1 is 1.15 bits per heavy atom. The third-order valence-electron chi connectivity index (χ3n) is 8.58. The normalized spacial score (nSPS) is 16.0. The number of hydrogen-bond donors (Lipinski definition) is 1. The molecule has 1 aliphatic heterocycles. The first-order valence-electron chi connectivity index (χ1n) is 15.7. The van der Waals surface area contributed by atoms with E-state index in [1.807, 2.05) is 47.6 Å². The third-order valence-corrected chi connectivity index (χ3v) is 8.58. The standard InChI is InChI=1S/C35H42F2N6O4/c1-21(2)17-25(19-38)32(45)42-16-8-9-26(42)20-43-29-15-14-27(47-34(46)41(7)22(3)35(4,5)6)18-28(29)39-33(43)40-31(44)24-12-10-23(11-13-24)30(36)37/h10-15,17-18,21-22,26,30H,8-9,16,20H2,1-7H3,(H,39,40,44)/t22-,26?/m0/s1. The Hall–Kier alpha value is -4.79. The van der Waals surface area contributed by atoms with E-state index in [9.17, 15) is 28.4 Å². The Kier molecular flexibility index (Phi) is 10.7. The number of carbonyl (C=O) groups is 3. The first kappa shape index (κ1) is 35.1. The summed E-state index contributed by atoms with van der Waals surface area (Å²) in [5.74, 6) is -0.458. The van der Waals surface area contributed by atoms with Gasteiger partial charge in [0.05, 0.1) is 17.1 Å². The van der Waals surface area contributed by atoms with Gasteiger partial charge in [0.25, 0.3) is 18.2 Å². The van der Waals surface area contributed by atoms with E-state index in [0.717, 1.165) is 6.42 Å². The van der Waals surface area contributed by atoms with Crippen molar-refractivity contribution in [3.8, 4) is 11.8 Å². The quantitative estimate of drug-likeness (QED) is 0.194. The molecule has 3 aromatic rings. The number of amides is 3. The van der Waals surface area contributed by atoms with E-state index in [2.05, 4.69) is 10.3 Å². The molecule has 10 nitrogen and oxygen atoms in total. The average molecular weight is 649 g/mol. The van der Waals surface area contributed by atoms with Gasteiger partial charge in [-0.25, -0.2) is 18.6 Å². The van der Waals surface area contributed by atoms with Crippen LogP contribution in [-0.4, -0.2) is 62.9 Å². The summed E-state index contributed by atoms with van der Waals surface area (Å²) in [5, 5.41) is 12.5. The number of allylic oxidation sites excluding steroid dienone is 1. The Labute approximate surface area is 274 Å². The van der Waals surface area contributed by atoms with Crippen LogP contribution >= 0.6 is 0 Å². The SMILES string of the molecule is CC(C)C=C(C#N)C(=O)N1CCCC1Cn1c(NC(=O)c2ccc(C(F)F)cc2)nc2cc(OC(=O)N(C)[C@@H](C)C(C)(C)C)ccc21. The molecule has 4 rings (SSSR count). The van der Waals surface area contributed by atoms with E-state index in [4.69, 9.17) is 4.74 Å². The Bertz CT molecular complexity index is 1700. The Balaban J connectivity index is 1.68. The summed E-state index contributed by atoms with van der Waals surface area (Å²) in [6.07, 6.45) is -0.137. The lowest BCUT2D eigenvalue weighted by molar-refractivity contribution is -0.127. The van der Waals surface area contributed by atoms with Crippen LogP contribution in [0.4, 0.5) is 19.5 Å². The number of likely N-dealkylation sites (tertiary alicyclic amines) is 1. The molecule has 12 heteroatoms. The van der Waals surface area contributed by atoms with Gasteiger partial charge in [0.15, 0.2) is 0 Å². The van der Waals surface area contributed by atoms with Gasteiger partial charge in [0.1, 0.15) is 17.4 Å². The first-order chi connectivity index (χ1) is 22.1. The largest absolute Gasteiger partial charge is 0.415 e. The van der Waals surface area contributed by atoms with Gasteiger partial charge in [-0.3, -0.25) is 14.9 Å². The van der Waals surface area contributed by atoms with Crippen LogP contribution in [0.5, 0.6) is 5.75 Å². The monoisotopic (exact) mass is 648 g/mol. The summed E-state index contributed by atoms with van der Waals surface area (Å²) in [5.41, 5.74) is 0.916. The molecule has 1 N–H and O–H groups in total. The number of anilines is 1. The van der Waals surface area contributed by atoms with E-state index in [-0.39, 0.29) is 64.3 Å². The summed E-state index contributed by atoms with van der Waals surface area (Å²) in [6, 6.07) is 11.6. The summed E-state index contributed by atoms with van der Waals surface area (Å²) < 4.78 is 33.6. The van der Waals surface area contributed by atoms with Crippen molar-refractivity contribution >= 4 is 34.9 Å². The number of imidazole rings is 1. The Morgan fingerprint density at radius 2 is 1.83 bits per heavy atom. The fourth-order valence-electron chi connectivity index (χ4n) is 5.47. The zero-order valence-corrected chi connectivity index (χ0v) is 27.9. The van der Waals surface area contributed by atoms with Crippen LogP contribution in [0.25, 0.3) is 11.0 Å². The highest BCUT2D eigenvalue weighted by atomic mass is 19.3. The second-order valence-electron chi connectivity index (χ2n) is 13.3. The van der Waals surface area contributed by atoms with Crippen LogP contribution in [0.15, 0.2) is 54.1 Å². The van der Waals surface area contributed by atoms with Crippen molar-refractivity contribution in [2.75, 3.05) is 18.9 Å². The second kappa shape index (κ2) is 14.3. The summed E-state index contributed by atoms with van der Waals surface area (Å²) in [4.78, 5) is 47.5. The van der Waals surface area contributed by atoms with Gasteiger partial charge in [-0.2, -0.15) is 5.26 Å². The molecule has 3 amide bonds. The molecule has 250 valence electrons. The first-order valence-corrected chi connectivity index (χ1v) is 15.7. The molecule has 0 radical (unpaired) electrons. The fraction of sp³-hybridized carbons (Fsp3) is 0.457. The van der Waals surface area contributed by atoms with E-state index >= 15 is 0 Å². The third kappa shape index (κ3) is 8.14. The molecule has 0 aliphatic carbocycles. The maximum absolute atomic E-state index is 13.4. The molecular weight excluding hydrogens is 606 g/mol. The van der Waals surface area contributed by atoms with Gasteiger partial charge in [-0.1, -0.05) is 52.8 Å². The predicted molar refractivity (Wildman–Crippen MR) is 175 cm³/mol. The highest BCUT2D eigenvalue weighted by molar-refractivity contribution is 6.04. The highest BCUT2D eigenvalue weighted by Gasteiger charge is 2.33. The molecule has 1 aromatic heterocycles. The molecule has 2 atom stereocenters. The molecule has 0 bridgehead atoms. The van der Waals surface area contributed by atoms with Gasteiger partial charge in [-0.15, -0.1) is 0 Å². The van der Waals surface area contributed by atoms with E-state index in [1.54, 1.807) is 40.8 Å². The number of aromatic nitrogens is 2. The minimum Gasteiger partial charge on any atom is -0.410 e. The van der Waals surface area contributed by atoms with Crippen molar-refractivity contribution in [1.29, 1.82) is 5.26 Å². The maximum Gasteiger partial charge on any atom is 0.415 e. The van der Waals surface area contributed by atoms with Gasteiger partial charge in [-0.05, 0) is 55.4 Å². The van der Waals surface area contributed by atoms with Gasteiger partial charge >= 0.3 is 6.09 Å². The molecule has 2 heterocycles. The number of nitrogens with one attached hydrogen (secondary N) is 1. The number of alkyl halides is 2. The molecule has 0 spiro atoms. The van der Waals surface area contributed by atoms with Crippen molar-refractivity contribution in [1.82, 2.24) is 19.4 Å². The number of halogens is 2. The number of benzene rings is 2. The van der Waals surface area contributed by atoms with Crippen LogP contribution in [0.3, 0.4) is 0 Å². The maximum atomic E-state index is 13.4. The number of rotatable bonds is 9. The molecular formula is C35H42F2N6O4. The second-order valence-corrected chi connectivity index (χ2v) is 13.3.